The normalized spacial score (nSPS) is 19.2. The molecule has 0 aliphatic carbocycles. The molecule has 0 fully saturated rings. The van der Waals surface area contributed by atoms with Crippen molar-refractivity contribution in [3.8, 4) is 45.6 Å². The van der Waals surface area contributed by atoms with E-state index in [2.05, 4.69) is 52.5 Å². The lowest BCUT2D eigenvalue weighted by molar-refractivity contribution is -0.923. The molecule has 0 amide bonds. The van der Waals surface area contributed by atoms with Crippen molar-refractivity contribution in [1.29, 1.82) is 0 Å². The molecule has 0 unspecified atom stereocenters. The van der Waals surface area contributed by atoms with Gasteiger partial charge in [-0.25, -0.2) is 0 Å². The minimum absolute atomic E-state index is 0.145. The average Bonchev–Trinajstić information content (AvgIpc) is 3.07. The summed E-state index contributed by atoms with van der Waals surface area (Å²) in [6, 6.07) is 20.4. The van der Waals surface area contributed by atoms with Gasteiger partial charge in [-0.15, -0.1) is 0 Å². The van der Waals surface area contributed by atoms with Crippen LogP contribution in [0.15, 0.2) is 60.7 Å². The van der Waals surface area contributed by atoms with Gasteiger partial charge in [0.1, 0.15) is 23.6 Å². The first kappa shape index (κ1) is 33.5. The van der Waals surface area contributed by atoms with Crippen LogP contribution in [0.5, 0.6) is 34.5 Å². The summed E-state index contributed by atoms with van der Waals surface area (Å²) in [5.74, 6) is 3.26. The zero-order valence-electron chi connectivity index (χ0n) is 29.6. The highest BCUT2D eigenvalue weighted by Crippen LogP contribution is 2.45. The predicted octanol–water partition coefficient (Wildman–Crippen LogP) is 6.63. The quantitative estimate of drug-likeness (QED) is 0.197. The molecule has 6 rings (SSSR count). The maximum Gasteiger partial charge on any atom is 0.161 e. The van der Waals surface area contributed by atoms with Gasteiger partial charge in [0, 0.05) is 47.9 Å². The molecule has 0 spiro atoms. The molecule has 0 aromatic heterocycles. The third-order valence-electron chi connectivity index (χ3n) is 10.9. The number of phenolic OH excluding ortho intramolecular Hbond substituents is 2. The molecular formula is C40H50N2O6+2. The molecule has 2 aliphatic heterocycles. The molecule has 2 heterocycles. The molecule has 0 saturated carbocycles. The molecule has 2 aliphatic rings. The van der Waals surface area contributed by atoms with Gasteiger partial charge in [-0.05, 0) is 70.8 Å². The Balaban J connectivity index is 1.35. The Bertz CT molecular complexity index is 1700. The number of phenols is 2. The molecule has 8 heteroatoms. The number of aromatic hydroxyl groups is 2. The average molecular weight is 655 g/mol. The summed E-state index contributed by atoms with van der Waals surface area (Å²) in [5.41, 5.74) is 8.51. The summed E-state index contributed by atoms with van der Waals surface area (Å²) >= 11 is 0. The summed E-state index contributed by atoms with van der Waals surface area (Å²) < 4.78 is 24.2. The maximum atomic E-state index is 11.2. The van der Waals surface area contributed by atoms with Crippen LogP contribution in [0, 0.1) is 0 Å². The molecule has 4 aromatic carbocycles. The number of likely N-dealkylation sites (N-methyl/N-ethyl adjacent to an activating group) is 2. The van der Waals surface area contributed by atoms with Crippen molar-refractivity contribution >= 4 is 0 Å². The number of methoxy groups -OCH3 is 4. The molecule has 0 radical (unpaired) electrons. The third kappa shape index (κ3) is 6.15. The van der Waals surface area contributed by atoms with Crippen LogP contribution in [0.2, 0.25) is 0 Å². The molecule has 2 N–H and O–H groups in total. The predicted molar refractivity (Wildman–Crippen MR) is 189 cm³/mol. The van der Waals surface area contributed by atoms with E-state index >= 15 is 0 Å². The molecule has 0 saturated heterocycles. The Hall–Kier alpha value is -4.40. The summed E-state index contributed by atoms with van der Waals surface area (Å²) in [6.07, 6.45) is 3.45. The van der Waals surface area contributed by atoms with Gasteiger partial charge in [0.25, 0.3) is 0 Å². The largest absolute Gasteiger partial charge is 0.507 e. The molecular weight excluding hydrogens is 604 g/mol. The summed E-state index contributed by atoms with van der Waals surface area (Å²) in [7, 11) is 15.8. The van der Waals surface area contributed by atoms with Crippen LogP contribution in [0.3, 0.4) is 0 Å². The first-order chi connectivity index (χ1) is 22.9. The van der Waals surface area contributed by atoms with Gasteiger partial charge in [0.2, 0.25) is 0 Å². The zero-order valence-corrected chi connectivity index (χ0v) is 29.6. The maximum absolute atomic E-state index is 11.2. The van der Waals surface area contributed by atoms with Crippen molar-refractivity contribution < 1.29 is 38.1 Å². The second-order valence-electron chi connectivity index (χ2n) is 14.5. The van der Waals surface area contributed by atoms with E-state index in [1.807, 2.05) is 24.3 Å². The van der Waals surface area contributed by atoms with E-state index in [9.17, 15) is 10.2 Å². The van der Waals surface area contributed by atoms with Crippen molar-refractivity contribution in [2.45, 2.75) is 37.8 Å². The smallest absolute Gasteiger partial charge is 0.161 e. The van der Waals surface area contributed by atoms with Gasteiger partial charge >= 0.3 is 0 Å². The second kappa shape index (κ2) is 12.9. The minimum Gasteiger partial charge on any atom is -0.507 e. The lowest BCUT2D eigenvalue weighted by Crippen LogP contribution is -2.48. The SMILES string of the molecule is COc1cc2c(cc1OC)[C@H](Cc1ccc(O)c(-c3cc(C[C@H]4c5cc(OC)c(OC)cc5CC[N+]4(C)C)ccc3O)c1)[N+](C)(C)CC2. The number of nitrogens with zero attached hydrogens (tertiary/aromatic N) is 2. The highest BCUT2D eigenvalue weighted by molar-refractivity contribution is 5.76. The highest BCUT2D eigenvalue weighted by Gasteiger charge is 2.38. The van der Waals surface area contributed by atoms with Crippen molar-refractivity contribution in [3.63, 3.8) is 0 Å². The van der Waals surface area contributed by atoms with Crippen LogP contribution in [0.1, 0.15) is 45.5 Å². The number of fused-ring (bicyclic) bond motifs is 2. The number of rotatable bonds is 9. The summed E-state index contributed by atoms with van der Waals surface area (Å²) in [4.78, 5) is 0. The monoisotopic (exact) mass is 654 g/mol. The van der Waals surface area contributed by atoms with Gasteiger partial charge in [-0.1, -0.05) is 12.1 Å². The molecule has 8 nitrogen and oxygen atoms in total. The van der Waals surface area contributed by atoms with Gasteiger partial charge < -0.3 is 38.1 Å². The fourth-order valence-corrected chi connectivity index (χ4v) is 7.82. The molecule has 254 valence electrons. The second-order valence-corrected chi connectivity index (χ2v) is 14.5. The number of quaternary nitrogens is 2. The number of hydrogen-bond donors (Lipinski definition) is 2. The van der Waals surface area contributed by atoms with Gasteiger partial charge in [-0.3, -0.25) is 0 Å². The molecule has 4 aromatic rings. The van der Waals surface area contributed by atoms with E-state index < -0.39 is 0 Å². The number of benzene rings is 4. The van der Waals surface area contributed by atoms with Gasteiger partial charge in [0.15, 0.2) is 23.0 Å². The third-order valence-corrected chi connectivity index (χ3v) is 10.9. The lowest BCUT2D eigenvalue weighted by atomic mass is 9.85. The number of ether oxygens (including phenoxy) is 4. The van der Waals surface area contributed by atoms with Crippen molar-refractivity contribution in [2.24, 2.45) is 0 Å². The Morgan fingerprint density at radius 1 is 0.542 bits per heavy atom. The Labute approximate surface area is 284 Å². The number of hydrogen-bond acceptors (Lipinski definition) is 6. The molecule has 0 bridgehead atoms. The van der Waals surface area contributed by atoms with E-state index in [-0.39, 0.29) is 23.6 Å². The fraction of sp³-hybridized carbons (Fsp3) is 0.400. The van der Waals surface area contributed by atoms with Crippen LogP contribution >= 0.6 is 0 Å². The molecule has 48 heavy (non-hydrogen) atoms. The van der Waals surface area contributed by atoms with Crippen LogP contribution in [-0.2, 0) is 25.7 Å². The van der Waals surface area contributed by atoms with E-state index in [0.717, 1.165) is 81.9 Å². The van der Waals surface area contributed by atoms with Gasteiger partial charge in [0.05, 0.1) is 69.7 Å². The topological polar surface area (TPSA) is 77.4 Å². The van der Waals surface area contributed by atoms with Crippen molar-refractivity contribution in [1.82, 2.24) is 0 Å². The van der Waals surface area contributed by atoms with E-state index in [0.29, 0.717) is 11.1 Å². The lowest BCUT2D eigenvalue weighted by Gasteiger charge is -2.43. The van der Waals surface area contributed by atoms with Crippen LogP contribution < -0.4 is 18.9 Å². The van der Waals surface area contributed by atoms with Crippen LogP contribution in [-0.4, -0.2) is 88.9 Å². The Morgan fingerprint density at radius 3 is 1.25 bits per heavy atom. The van der Waals surface area contributed by atoms with Crippen molar-refractivity contribution in [3.05, 3.63) is 94.0 Å². The first-order valence-corrected chi connectivity index (χ1v) is 16.7. The van der Waals surface area contributed by atoms with Crippen LogP contribution in [0.4, 0.5) is 0 Å². The van der Waals surface area contributed by atoms with E-state index in [1.165, 1.54) is 22.3 Å². The summed E-state index contributed by atoms with van der Waals surface area (Å²) in [5, 5.41) is 22.3. The minimum atomic E-state index is 0.145. The van der Waals surface area contributed by atoms with Crippen molar-refractivity contribution in [2.75, 3.05) is 69.7 Å². The van der Waals surface area contributed by atoms with Crippen LogP contribution in [0.25, 0.3) is 11.1 Å². The van der Waals surface area contributed by atoms with E-state index in [1.54, 1.807) is 40.6 Å². The summed E-state index contributed by atoms with van der Waals surface area (Å²) in [6.45, 7) is 2.00. The Kier molecular flexibility index (Phi) is 9.00. The Morgan fingerprint density at radius 2 is 0.896 bits per heavy atom. The first-order valence-electron chi connectivity index (χ1n) is 16.7. The molecule has 2 atom stereocenters. The fourth-order valence-electron chi connectivity index (χ4n) is 7.82. The standard InChI is InChI=1S/C40H48N2O6/c1-41(2)15-13-27-21-37(45-5)39(47-7)23-29(27)33(41)19-25-9-11-35(43)31(17-25)32-18-26(10-12-36(32)44)20-34-30-24-40(48-8)38(46-6)22-28(30)14-16-42(34,3)4/h9-12,17-18,21-24,33-34H,13-16,19-20H2,1-8H3/p+2/t33-,34-/m0/s1. The zero-order chi connectivity index (χ0) is 34.4. The van der Waals surface area contributed by atoms with Gasteiger partial charge in [-0.2, -0.15) is 0 Å². The highest BCUT2D eigenvalue weighted by atomic mass is 16.5. The van der Waals surface area contributed by atoms with E-state index in [4.69, 9.17) is 18.9 Å².